The molecule has 0 unspecified atom stereocenters. The predicted molar refractivity (Wildman–Crippen MR) is 108 cm³/mol. The SMILES string of the molecule is Cc1ccc(-c2nnc(CCC(=O)NCc3ccccc3CN(C)C)o2)cc1. The van der Waals surface area contributed by atoms with Crippen LogP contribution >= 0.6 is 0 Å². The van der Waals surface area contributed by atoms with E-state index in [-0.39, 0.29) is 5.91 Å². The topological polar surface area (TPSA) is 71.3 Å². The van der Waals surface area contributed by atoms with Crippen molar-refractivity contribution in [2.75, 3.05) is 14.1 Å². The van der Waals surface area contributed by atoms with Crippen molar-refractivity contribution in [1.82, 2.24) is 20.4 Å². The van der Waals surface area contributed by atoms with Gasteiger partial charge in [-0.15, -0.1) is 10.2 Å². The molecule has 0 bridgehead atoms. The summed E-state index contributed by atoms with van der Waals surface area (Å²) < 4.78 is 5.68. The van der Waals surface area contributed by atoms with Crippen molar-refractivity contribution in [1.29, 1.82) is 0 Å². The first-order valence-electron chi connectivity index (χ1n) is 9.39. The van der Waals surface area contributed by atoms with Gasteiger partial charge in [-0.2, -0.15) is 0 Å². The summed E-state index contributed by atoms with van der Waals surface area (Å²) >= 11 is 0. The first kappa shape index (κ1) is 19.8. The van der Waals surface area contributed by atoms with E-state index in [9.17, 15) is 4.79 Å². The minimum Gasteiger partial charge on any atom is -0.421 e. The Labute approximate surface area is 165 Å². The van der Waals surface area contributed by atoms with Crippen LogP contribution in [0.2, 0.25) is 0 Å². The van der Waals surface area contributed by atoms with Crippen molar-refractivity contribution in [2.45, 2.75) is 32.9 Å². The summed E-state index contributed by atoms with van der Waals surface area (Å²) in [5.41, 5.74) is 4.40. The van der Waals surface area contributed by atoms with E-state index in [1.54, 1.807) is 0 Å². The average Bonchev–Trinajstić information content (AvgIpc) is 3.15. The molecule has 0 atom stereocenters. The molecule has 0 aliphatic heterocycles. The molecule has 3 aromatic rings. The van der Waals surface area contributed by atoms with Gasteiger partial charge in [-0.1, -0.05) is 42.0 Å². The molecule has 0 radical (unpaired) electrons. The number of aromatic nitrogens is 2. The van der Waals surface area contributed by atoms with Gasteiger partial charge in [-0.3, -0.25) is 4.79 Å². The highest BCUT2D eigenvalue weighted by Gasteiger charge is 2.11. The number of rotatable bonds is 8. The largest absolute Gasteiger partial charge is 0.421 e. The standard InChI is InChI=1S/C22H26N4O2/c1-16-8-10-17(11-9-16)22-25-24-21(28-22)13-12-20(27)23-14-18-6-4-5-7-19(18)15-26(2)3/h4-11H,12-15H2,1-3H3,(H,23,27). The maximum absolute atomic E-state index is 12.2. The molecule has 0 saturated heterocycles. The van der Waals surface area contributed by atoms with E-state index >= 15 is 0 Å². The second-order valence-corrected chi connectivity index (χ2v) is 7.15. The van der Waals surface area contributed by atoms with Gasteiger partial charge < -0.3 is 14.6 Å². The average molecular weight is 378 g/mol. The number of carbonyl (C=O) groups excluding carboxylic acids is 1. The van der Waals surface area contributed by atoms with Crippen LogP contribution in [-0.2, 0) is 24.3 Å². The summed E-state index contributed by atoms with van der Waals surface area (Å²) in [7, 11) is 4.06. The maximum Gasteiger partial charge on any atom is 0.247 e. The zero-order chi connectivity index (χ0) is 19.9. The predicted octanol–water partition coefficient (Wildman–Crippen LogP) is 3.36. The van der Waals surface area contributed by atoms with E-state index < -0.39 is 0 Å². The molecule has 0 aliphatic rings. The summed E-state index contributed by atoms with van der Waals surface area (Å²) in [5.74, 6) is 0.918. The maximum atomic E-state index is 12.2. The summed E-state index contributed by atoms with van der Waals surface area (Å²) in [6, 6.07) is 16.0. The van der Waals surface area contributed by atoms with Crippen LogP contribution in [0.3, 0.4) is 0 Å². The lowest BCUT2D eigenvalue weighted by Gasteiger charge is -2.14. The van der Waals surface area contributed by atoms with Gasteiger partial charge in [-0.25, -0.2) is 0 Å². The third-order valence-corrected chi connectivity index (χ3v) is 4.41. The fraction of sp³-hybridized carbons (Fsp3) is 0.318. The summed E-state index contributed by atoms with van der Waals surface area (Å²) in [6.07, 6.45) is 0.732. The van der Waals surface area contributed by atoms with Crippen LogP contribution in [0, 0.1) is 6.92 Å². The fourth-order valence-electron chi connectivity index (χ4n) is 2.89. The highest BCUT2D eigenvalue weighted by Crippen LogP contribution is 2.18. The summed E-state index contributed by atoms with van der Waals surface area (Å²) in [5, 5.41) is 11.1. The van der Waals surface area contributed by atoms with Gasteiger partial charge in [0.15, 0.2) is 0 Å². The Kier molecular flexibility index (Phi) is 6.55. The molecule has 0 saturated carbocycles. The fourth-order valence-corrected chi connectivity index (χ4v) is 2.89. The molecule has 0 spiro atoms. The van der Waals surface area contributed by atoms with E-state index in [0.717, 1.165) is 17.7 Å². The number of nitrogens with zero attached hydrogens (tertiary/aromatic N) is 3. The molecule has 0 aliphatic carbocycles. The molecule has 1 N–H and O–H groups in total. The van der Waals surface area contributed by atoms with Crippen LogP contribution in [-0.4, -0.2) is 35.1 Å². The van der Waals surface area contributed by atoms with Gasteiger partial charge in [0.2, 0.25) is 17.7 Å². The first-order chi connectivity index (χ1) is 13.5. The number of nitrogens with one attached hydrogen (secondary N) is 1. The summed E-state index contributed by atoms with van der Waals surface area (Å²) in [6.45, 7) is 3.39. The lowest BCUT2D eigenvalue weighted by atomic mass is 10.1. The van der Waals surface area contributed by atoms with E-state index in [1.807, 2.05) is 63.5 Å². The Morgan fingerprint density at radius 1 is 1.04 bits per heavy atom. The minimum atomic E-state index is -0.0326. The van der Waals surface area contributed by atoms with Gasteiger partial charge in [0.25, 0.3) is 0 Å². The van der Waals surface area contributed by atoms with Crippen LogP contribution in [0.4, 0.5) is 0 Å². The zero-order valence-corrected chi connectivity index (χ0v) is 16.6. The number of hydrogen-bond acceptors (Lipinski definition) is 5. The van der Waals surface area contributed by atoms with E-state index in [1.165, 1.54) is 11.1 Å². The zero-order valence-electron chi connectivity index (χ0n) is 16.6. The smallest absolute Gasteiger partial charge is 0.247 e. The lowest BCUT2D eigenvalue weighted by Crippen LogP contribution is -2.24. The monoisotopic (exact) mass is 378 g/mol. The Bertz CT molecular complexity index is 916. The number of carbonyl (C=O) groups is 1. The van der Waals surface area contributed by atoms with Crippen molar-refractivity contribution in [2.24, 2.45) is 0 Å². The van der Waals surface area contributed by atoms with Crippen LogP contribution in [0.15, 0.2) is 52.9 Å². The van der Waals surface area contributed by atoms with Gasteiger partial charge in [-0.05, 0) is 44.3 Å². The highest BCUT2D eigenvalue weighted by atomic mass is 16.4. The van der Waals surface area contributed by atoms with Crippen LogP contribution in [0.25, 0.3) is 11.5 Å². The molecule has 6 nitrogen and oxygen atoms in total. The molecule has 1 amide bonds. The van der Waals surface area contributed by atoms with Crippen molar-refractivity contribution < 1.29 is 9.21 Å². The van der Waals surface area contributed by atoms with Gasteiger partial charge in [0.05, 0.1) is 0 Å². The third-order valence-electron chi connectivity index (χ3n) is 4.41. The van der Waals surface area contributed by atoms with Crippen molar-refractivity contribution >= 4 is 5.91 Å². The molecule has 2 aromatic carbocycles. The molecule has 6 heteroatoms. The number of amides is 1. The van der Waals surface area contributed by atoms with Crippen LogP contribution < -0.4 is 5.32 Å². The van der Waals surface area contributed by atoms with Crippen LogP contribution in [0.1, 0.15) is 29.0 Å². The van der Waals surface area contributed by atoms with Crippen LogP contribution in [0.5, 0.6) is 0 Å². The highest BCUT2D eigenvalue weighted by molar-refractivity contribution is 5.76. The quantitative estimate of drug-likeness (QED) is 0.651. The van der Waals surface area contributed by atoms with Gasteiger partial charge in [0.1, 0.15) is 0 Å². The van der Waals surface area contributed by atoms with Crippen molar-refractivity contribution in [3.63, 3.8) is 0 Å². The molecule has 3 rings (SSSR count). The number of benzene rings is 2. The molecule has 1 heterocycles. The molecular formula is C22H26N4O2. The second-order valence-electron chi connectivity index (χ2n) is 7.15. The molecular weight excluding hydrogens is 352 g/mol. The van der Waals surface area contributed by atoms with E-state index in [0.29, 0.717) is 31.2 Å². The molecule has 146 valence electrons. The Hall–Kier alpha value is -2.99. The lowest BCUT2D eigenvalue weighted by molar-refractivity contribution is -0.121. The molecule has 1 aromatic heterocycles. The molecule has 28 heavy (non-hydrogen) atoms. The summed E-state index contributed by atoms with van der Waals surface area (Å²) in [4.78, 5) is 14.3. The van der Waals surface area contributed by atoms with Gasteiger partial charge >= 0.3 is 0 Å². The number of aryl methyl sites for hydroxylation is 2. The normalized spacial score (nSPS) is 11.0. The Balaban J connectivity index is 1.51. The van der Waals surface area contributed by atoms with E-state index in [2.05, 4.69) is 26.5 Å². The van der Waals surface area contributed by atoms with Crippen molar-refractivity contribution in [3.8, 4) is 11.5 Å². The second kappa shape index (κ2) is 9.28. The van der Waals surface area contributed by atoms with Gasteiger partial charge in [0, 0.05) is 31.5 Å². The first-order valence-corrected chi connectivity index (χ1v) is 9.39. The van der Waals surface area contributed by atoms with Crippen molar-refractivity contribution in [3.05, 3.63) is 71.1 Å². The number of hydrogen-bond donors (Lipinski definition) is 1. The molecule has 0 fully saturated rings. The minimum absolute atomic E-state index is 0.0326. The Morgan fingerprint density at radius 2 is 1.75 bits per heavy atom. The third kappa shape index (κ3) is 5.50. The Morgan fingerprint density at radius 3 is 2.46 bits per heavy atom. The van der Waals surface area contributed by atoms with E-state index in [4.69, 9.17) is 4.42 Å².